The molecule has 182 valence electrons. The lowest BCUT2D eigenvalue weighted by Crippen LogP contribution is -2.21. The van der Waals surface area contributed by atoms with Crippen LogP contribution in [-0.4, -0.2) is 45.6 Å². The van der Waals surface area contributed by atoms with Crippen molar-refractivity contribution in [3.8, 4) is 23.3 Å². The number of benzene rings is 2. The summed E-state index contributed by atoms with van der Waals surface area (Å²) in [6.07, 6.45) is 1.83. The molecule has 0 saturated heterocycles. The summed E-state index contributed by atoms with van der Waals surface area (Å²) in [6.45, 7) is -0.0714. The quantitative estimate of drug-likeness (QED) is 0.373. The zero-order chi connectivity index (χ0) is 25.6. The second kappa shape index (κ2) is 8.84. The number of hydrogen-bond acceptors (Lipinski definition) is 7. The Morgan fingerprint density at radius 2 is 1.58 bits per heavy atom. The average molecular weight is 488 g/mol. The molecule has 2 heterocycles. The molecule has 1 aliphatic carbocycles. The third-order valence-electron chi connectivity index (χ3n) is 6.21. The van der Waals surface area contributed by atoms with Gasteiger partial charge in [0.05, 0.1) is 31.9 Å². The molecule has 0 aliphatic heterocycles. The molecule has 5 rings (SSSR count). The third-order valence-corrected chi connectivity index (χ3v) is 6.21. The number of carbonyl (C=O) groups excluding carboxylic acids is 2. The van der Waals surface area contributed by atoms with E-state index in [0.29, 0.717) is 29.0 Å². The molecule has 2 aromatic carbocycles. The molecule has 0 saturated carbocycles. The van der Waals surface area contributed by atoms with Crippen molar-refractivity contribution in [1.29, 1.82) is 0 Å². The van der Waals surface area contributed by atoms with Gasteiger partial charge in [0.2, 0.25) is 23.3 Å². The van der Waals surface area contributed by atoms with Crippen LogP contribution in [0.5, 0.6) is 23.3 Å². The number of ether oxygens (including phenoxy) is 2. The van der Waals surface area contributed by atoms with Gasteiger partial charge >= 0.3 is 0 Å². The first-order valence-corrected chi connectivity index (χ1v) is 11.0. The summed E-state index contributed by atoms with van der Waals surface area (Å²) in [6, 6.07) is 12.5. The minimum absolute atomic E-state index is 0.0292. The van der Waals surface area contributed by atoms with Crippen molar-refractivity contribution in [2.24, 2.45) is 0 Å². The summed E-state index contributed by atoms with van der Waals surface area (Å²) in [5.41, 5.74) is 1.36. The number of rotatable bonds is 6. The van der Waals surface area contributed by atoms with E-state index in [9.17, 15) is 24.2 Å². The molecule has 1 aliphatic rings. The van der Waals surface area contributed by atoms with Gasteiger partial charge in [-0.3, -0.25) is 19.1 Å². The zero-order valence-electron chi connectivity index (χ0n) is 19.4. The number of ketones is 2. The molecule has 0 unspecified atom stereocenters. The number of methoxy groups -OCH3 is 2. The van der Waals surface area contributed by atoms with Gasteiger partial charge in [0, 0.05) is 17.8 Å². The van der Waals surface area contributed by atoms with E-state index in [-0.39, 0.29) is 34.7 Å². The molecule has 0 radical (unpaired) electrons. The highest BCUT2D eigenvalue weighted by atomic mass is 19.1. The van der Waals surface area contributed by atoms with E-state index in [2.05, 4.69) is 4.98 Å². The fourth-order valence-electron chi connectivity index (χ4n) is 4.38. The summed E-state index contributed by atoms with van der Waals surface area (Å²) in [5.74, 6) is -1.73. The molecule has 2 aromatic heterocycles. The SMILES string of the molecule is COc1ccc(Cn2c(O)c3c(c2O)C(=O)c2ncc(Cc4ccc(F)cc4)cc2C3=O)c(OC)c1. The van der Waals surface area contributed by atoms with Crippen molar-refractivity contribution in [1.82, 2.24) is 9.55 Å². The van der Waals surface area contributed by atoms with Gasteiger partial charge < -0.3 is 19.7 Å². The van der Waals surface area contributed by atoms with Gasteiger partial charge in [-0.05, 0) is 47.9 Å². The Morgan fingerprint density at radius 3 is 2.25 bits per heavy atom. The molecular formula is C27H21FN2O6. The van der Waals surface area contributed by atoms with E-state index < -0.39 is 23.3 Å². The maximum atomic E-state index is 13.4. The maximum absolute atomic E-state index is 13.4. The number of halogens is 1. The fourth-order valence-corrected chi connectivity index (χ4v) is 4.38. The van der Waals surface area contributed by atoms with Gasteiger partial charge in [-0.15, -0.1) is 0 Å². The summed E-state index contributed by atoms with van der Waals surface area (Å²) < 4.78 is 24.9. The molecule has 0 spiro atoms. The highest BCUT2D eigenvalue weighted by Gasteiger charge is 2.39. The Labute approximate surface area is 205 Å². The highest BCUT2D eigenvalue weighted by molar-refractivity contribution is 6.29. The molecule has 9 heteroatoms. The molecule has 8 nitrogen and oxygen atoms in total. The van der Waals surface area contributed by atoms with Gasteiger partial charge in [0.25, 0.3) is 0 Å². The van der Waals surface area contributed by atoms with E-state index in [1.165, 1.54) is 38.6 Å². The van der Waals surface area contributed by atoms with Crippen LogP contribution in [-0.2, 0) is 13.0 Å². The van der Waals surface area contributed by atoms with Gasteiger partial charge in [-0.2, -0.15) is 0 Å². The van der Waals surface area contributed by atoms with E-state index in [1.54, 1.807) is 30.3 Å². The lowest BCUT2D eigenvalue weighted by atomic mass is 9.88. The Bertz CT molecular complexity index is 1520. The van der Waals surface area contributed by atoms with Crippen LogP contribution in [0.25, 0.3) is 0 Å². The van der Waals surface area contributed by atoms with Crippen LogP contribution < -0.4 is 9.47 Å². The van der Waals surface area contributed by atoms with Gasteiger partial charge in [0.15, 0.2) is 0 Å². The van der Waals surface area contributed by atoms with E-state index in [4.69, 9.17) is 9.47 Å². The van der Waals surface area contributed by atoms with E-state index >= 15 is 0 Å². The van der Waals surface area contributed by atoms with Crippen LogP contribution in [0.15, 0.2) is 54.7 Å². The monoisotopic (exact) mass is 488 g/mol. The lowest BCUT2D eigenvalue weighted by Gasteiger charge is -2.14. The number of fused-ring (bicyclic) bond motifs is 2. The van der Waals surface area contributed by atoms with Gasteiger partial charge in [-0.25, -0.2) is 4.39 Å². The minimum Gasteiger partial charge on any atom is -0.497 e. The smallest absolute Gasteiger partial charge is 0.218 e. The Morgan fingerprint density at radius 1 is 0.889 bits per heavy atom. The third kappa shape index (κ3) is 3.74. The predicted molar refractivity (Wildman–Crippen MR) is 127 cm³/mol. The molecule has 0 amide bonds. The van der Waals surface area contributed by atoms with E-state index in [1.807, 2.05) is 0 Å². The van der Waals surface area contributed by atoms with Gasteiger partial charge in [0.1, 0.15) is 28.6 Å². The predicted octanol–water partition coefficient (Wildman–Crippen LogP) is 3.87. The summed E-state index contributed by atoms with van der Waals surface area (Å²) in [5, 5.41) is 21.8. The van der Waals surface area contributed by atoms with Gasteiger partial charge in [-0.1, -0.05) is 12.1 Å². The van der Waals surface area contributed by atoms with Crippen molar-refractivity contribution in [3.63, 3.8) is 0 Å². The lowest BCUT2D eigenvalue weighted by molar-refractivity contribution is 0.0972. The Balaban J connectivity index is 1.53. The molecule has 0 fully saturated rings. The number of hydrogen-bond donors (Lipinski definition) is 2. The largest absolute Gasteiger partial charge is 0.497 e. The number of nitrogens with zero attached hydrogens (tertiary/aromatic N) is 2. The normalized spacial score (nSPS) is 12.3. The molecule has 0 atom stereocenters. The highest BCUT2D eigenvalue weighted by Crippen LogP contribution is 2.41. The number of aromatic nitrogens is 2. The fraction of sp³-hybridized carbons (Fsp3) is 0.148. The van der Waals surface area contributed by atoms with Crippen molar-refractivity contribution < 1.29 is 33.7 Å². The first kappa shape index (κ1) is 23.1. The van der Waals surface area contributed by atoms with Crippen LogP contribution in [0.4, 0.5) is 4.39 Å². The molecule has 2 N–H and O–H groups in total. The second-order valence-corrected chi connectivity index (χ2v) is 8.36. The zero-order valence-corrected chi connectivity index (χ0v) is 19.4. The first-order chi connectivity index (χ1) is 17.3. The van der Waals surface area contributed by atoms with Crippen LogP contribution in [0.2, 0.25) is 0 Å². The second-order valence-electron chi connectivity index (χ2n) is 8.36. The Hall–Kier alpha value is -4.66. The van der Waals surface area contributed by atoms with E-state index in [0.717, 1.165) is 10.1 Å². The summed E-state index contributed by atoms with van der Waals surface area (Å²) in [4.78, 5) is 30.8. The molecular weight excluding hydrogens is 467 g/mol. The maximum Gasteiger partial charge on any atom is 0.218 e. The summed E-state index contributed by atoms with van der Waals surface area (Å²) >= 11 is 0. The van der Waals surface area contributed by atoms with Crippen molar-refractivity contribution in [2.45, 2.75) is 13.0 Å². The molecule has 0 bridgehead atoms. The van der Waals surface area contributed by atoms with Crippen molar-refractivity contribution in [3.05, 3.63) is 99.6 Å². The number of pyridine rings is 1. The van der Waals surface area contributed by atoms with Crippen LogP contribution in [0.3, 0.4) is 0 Å². The average Bonchev–Trinajstić information content (AvgIpc) is 3.14. The standard InChI is InChI=1S/C27H21FN2O6/c1-35-18-8-5-16(20(11-18)36-2)13-30-26(33)21-22(27(30)34)25(32)23-19(24(21)31)10-15(12-29-23)9-14-3-6-17(28)7-4-14/h3-8,10-12,33-34H,9,13H2,1-2H3. The Kier molecular flexibility index (Phi) is 5.68. The minimum atomic E-state index is -0.666. The van der Waals surface area contributed by atoms with Crippen LogP contribution >= 0.6 is 0 Å². The van der Waals surface area contributed by atoms with Crippen molar-refractivity contribution in [2.75, 3.05) is 14.2 Å². The summed E-state index contributed by atoms with van der Waals surface area (Å²) in [7, 11) is 2.98. The first-order valence-electron chi connectivity index (χ1n) is 11.0. The molecule has 36 heavy (non-hydrogen) atoms. The van der Waals surface area contributed by atoms with Crippen LogP contribution in [0.1, 0.15) is 48.7 Å². The topological polar surface area (TPSA) is 111 Å². The number of carbonyl (C=O) groups is 2. The number of aromatic hydroxyl groups is 2. The molecule has 4 aromatic rings. The van der Waals surface area contributed by atoms with Crippen LogP contribution in [0, 0.1) is 5.82 Å². The van der Waals surface area contributed by atoms with Crippen molar-refractivity contribution >= 4 is 11.6 Å².